The van der Waals surface area contributed by atoms with E-state index in [0.29, 0.717) is 37.3 Å². The highest BCUT2D eigenvalue weighted by molar-refractivity contribution is 5.83. The maximum atomic E-state index is 13.2. The van der Waals surface area contributed by atoms with Gasteiger partial charge in [-0.1, -0.05) is 12.1 Å². The van der Waals surface area contributed by atoms with Gasteiger partial charge in [-0.25, -0.2) is 4.39 Å². The van der Waals surface area contributed by atoms with Crippen molar-refractivity contribution in [1.29, 1.82) is 0 Å². The molecule has 1 aromatic carbocycles. The number of pyridine rings is 1. The second-order valence-corrected chi connectivity index (χ2v) is 7.74. The fraction of sp³-hybridized carbons (Fsp3) is 0.409. The van der Waals surface area contributed by atoms with Crippen molar-refractivity contribution in [3.05, 3.63) is 62.8 Å². The number of fused-ring (bicyclic) bond motifs is 1. The Hall–Kier alpha value is -3.00. The Bertz CT molecular complexity index is 1150. The number of carbonyl (C=O) groups excluding carboxylic acids is 1. The Morgan fingerprint density at radius 3 is 2.77 bits per heavy atom. The Labute approximate surface area is 173 Å². The Kier molecular flexibility index (Phi) is 5.42. The molecule has 0 aliphatic carbocycles. The summed E-state index contributed by atoms with van der Waals surface area (Å²) in [4.78, 5) is 30.1. The van der Waals surface area contributed by atoms with Crippen molar-refractivity contribution in [2.24, 2.45) is 7.05 Å². The summed E-state index contributed by atoms with van der Waals surface area (Å²) in [6.45, 7) is 5.17. The first-order valence-electron chi connectivity index (χ1n) is 10.0. The molecule has 0 unspecified atom stereocenters. The molecule has 3 aromatic rings. The van der Waals surface area contributed by atoms with Gasteiger partial charge >= 0.3 is 0 Å². The van der Waals surface area contributed by atoms with Crippen molar-refractivity contribution in [3.8, 4) is 0 Å². The number of hydrogen-bond acceptors (Lipinski definition) is 4. The molecule has 0 spiro atoms. The second-order valence-electron chi connectivity index (χ2n) is 7.74. The zero-order valence-electron chi connectivity index (χ0n) is 17.4. The van der Waals surface area contributed by atoms with Crippen LogP contribution in [0.4, 0.5) is 4.39 Å². The third-order valence-corrected chi connectivity index (χ3v) is 5.81. The minimum absolute atomic E-state index is 0.0211. The Balaban J connectivity index is 1.47. The van der Waals surface area contributed by atoms with Crippen LogP contribution in [0.1, 0.15) is 34.9 Å². The molecule has 0 bridgehead atoms. The van der Waals surface area contributed by atoms with E-state index in [-0.39, 0.29) is 29.8 Å². The number of aryl methyl sites for hydroxylation is 3. The van der Waals surface area contributed by atoms with E-state index in [9.17, 15) is 14.0 Å². The van der Waals surface area contributed by atoms with Gasteiger partial charge < -0.3 is 14.6 Å². The maximum Gasteiger partial charge on any atom is 0.253 e. The summed E-state index contributed by atoms with van der Waals surface area (Å²) in [5, 5.41) is 5.31. The predicted octanol–water partition coefficient (Wildman–Crippen LogP) is 2.55. The van der Waals surface area contributed by atoms with Gasteiger partial charge in [0.1, 0.15) is 17.6 Å². The number of benzene rings is 1. The molecule has 1 aliphatic heterocycles. The molecule has 7 nitrogen and oxygen atoms in total. The topological polar surface area (TPSA) is 80.2 Å². The van der Waals surface area contributed by atoms with Gasteiger partial charge in [-0.3, -0.25) is 14.3 Å². The molecule has 3 heterocycles. The van der Waals surface area contributed by atoms with Crippen molar-refractivity contribution in [3.63, 3.8) is 0 Å². The third-order valence-electron chi connectivity index (χ3n) is 5.81. The number of H-pyrrole nitrogens is 1. The lowest BCUT2D eigenvalue weighted by Gasteiger charge is -2.33. The van der Waals surface area contributed by atoms with Crippen LogP contribution in [0.2, 0.25) is 0 Å². The highest BCUT2D eigenvalue weighted by atomic mass is 19.1. The number of amides is 1. The number of hydrogen-bond donors (Lipinski definition) is 1. The standard InChI is InChI=1S/C22H25FN4O3/c1-13-17(22(29)24-21-20(13)14(2)25-26(21)3)8-9-19(28)27-10-11-30-18(12-27)15-4-6-16(23)7-5-15/h4-7,18H,8-12H2,1-3H3,(H,24,29)/t18-/m1/s1. The molecule has 158 valence electrons. The van der Waals surface area contributed by atoms with Crippen LogP contribution in [-0.4, -0.2) is 45.3 Å². The summed E-state index contributed by atoms with van der Waals surface area (Å²) in [5.41, 5.74) is 3.71. The molecular weight excluding hydrogens is 387 g/mol. The van der Waals surface area contributed by atoms with Crippen molar-refractivity contribution in [1.82, 2.24) is 19.7 Å². The lowest BCUT2D eigenvalue weighted by molar-refractivity contribution is -0.139. The summed E-state index contributed by atoms with van der Waals surface area (Å²) < 4.78 is 20.6. The molecule has 1 fully saturated rings. The Morgan fingerprint density at radius 1 is 1.30 bits per heavy atom. The van der Waals surface area contributed by atoms with Crippen molar-refractivity contribution < 1.29 is 13.9 Å². The SMILES string of the molecule is Cc1nn(C)c2[nH]c(=O)c(CCC(=O)N3CCO[C@@H](c4ccc(F)cc4)C3)c(C)c12. The molecule has 30 heavy (non-hydrogen) atoms. The van der Waals surface area contributed by atoms with E-state index in [4.69, 9.17) is 4.74 Å². The van der Waals surface area contributed by atoms with Gasteiger partial charge in [0.05, 0.1) is 18.8 Å². The summed E-state index contributed by atoms with van der Waals surface area (Å²) in [7, 11) is 1.80. The van der Waals surface area contributed by atoms with Gasteiger partial charge in [0, 0.05) is 31.0 Å². The van der Waals surface area contributed by atoms with Crippen LogP contribution in [-0.2, 0) is 23.0 Å². The van der Waals surface area contributed by atoms with Gasteiger partial charge in [-0.05, 0) is 43.5 Å². The maximum absolute atomic E-state index is 13.2. The number of halogens is 1. The molecule has 0 radical (unpaired) electrons. The van der Waals surface area contributed by atoms with Crippen LogP contribution in [0.25, 0.3) is 11.0 Å². The van der Waals surface area contributed by atoms with E-state index in [1.54, 1.807) is 28.8 Å². The largest absolute Gasteiger partial charge is 0.370 e. The molecule has 1 saturated heterocycles. The minimum atomic E-state index is -0.302. The minimum Gasteiger partial charge on any atom is -0.370 e. The molecule has 1 atom stereocenters. The van der Waals surface area contributed by atoms with Gasteiger partial charge in [-0.15, -0.1) is 0 Å². The highest BCUT2D eigenvalue weighted by Gasteiger charge is 2.26. The molecule has 1 amide bonds. The number of aromatic amines is 1. The Morgan fingerprint density at radius 2 is 2.03 bits per heavy atom. The summed E-state index contributed by atoms with van der Waals surface area (Å²) >= 11 is 0. The molecule has 0 saturated carbocycles. The molecule has 4 rings (SSSR count). The average molecular weight is 412 g/mol. The van der Waals surface area contributed by atoms with Crippen molar-refractivity contribution >= 4 is 16.9 Å². The highest BCUT2D eigenvalue weighted by Crippen LogP contribution is 2.24. The molecule has 1 N–H and O–H groups in total. The number of rotatable bonds is 4. The molecule has 8 heteroatoms. The number of ether oxygens (including phenoxy) is 1. The first-order chi connectivity index (χ1) is 14.3. The van der Waals surface area contributed by atoms with Crippen LogP contribution in [0.5, 0.6) is 0 Å². The number of morpholine rings is 1. The first kappa shape index (κ1) is 20.3. The number of carbonyl (C=O) groups is 1. The third kappa shape index (κ3) is 3.75. The zero-order valence-corrected chi connectivity index (χ0v) is 17.4. The summed E-state index contributed by atoms with van der Waals surface area (Å²) in [6, 6.07) is 6.15. The molecule has 2 aromatic heterocycles. The fourth-order valence-electron chi connectivity index (χ4n) is 4.20. The van der Waals surface area contributed by atoms with E-state index in [1.165, 1.54) is 12.1 Å². The van der Waals surface area contributed by atoms with Crippen LogP contribution in [0, 0.1) is 19.7 Å². The van der Waals surface area contributed by atoms with Gasteiger partial charge in [0.2, 0.25) is 5.91 Å². The number of nitrogens with one attached hydrogen (secondary N) is 1. The lowest BCUT2D eigenvalue weighted by Crippen LogP contribution is -2.42. The fourth-order valence-corrected chi connectivity index (χ4v) is 4.20. The van der Waals surface area contributed by atoms with E-state index in [2.05, 4.69) is 10.1 Å². The number of nitrogens with zero attached hydrogens (tertiary/aromatic N) is 3. The molecule has 1 aliphatic rings. The van der Waals surface area contributed by atoms with E-state index < -0.39 is 0 Å². The van der Waals surface area contributed by atoms with Gasteiger partial charge in [0.15, 0.2) is 0 Å². The van der Waals surface area contributed by atoms with Crippen LogP contribution >= 0.6 is 0 Å². The van der Waals surface area contributed by atoms with E-state index in [1.807, 2.05) is 13.8 Å². The lowest BCUT2D eigenvalue weighted by atomic mass is 10.0. The van der Waals surface area contributed by atoms with Crippen LogP contribution in [0.3, 0.4) is 0 Å². The smallest absolute Gasteiger partial charge is 0.253 e. The van der Waals surface area contributed by atoms with E-state index in [0.717, 1.165) is 22.2 Å². The normalized spacial score (nSPS) is 16.9. The van der Waals surface area contributed by atoms with Gasteiger partial charge in [0.25, 0.3) is 5.56 Å². The quantitative estimate of drug-likeness (QED) is 0.714. The summed E-state index contributed by atoms with van der Waals surface area (Å²) in [5.74, 6) is -0.323. The van der Waals surface area contributed by atoms with Gasteiger partial charge in [-0.2, -0.15) is 5.10 Å². The summed E-state index contributed by atoms with van der Waals surface area (Å²) in [6.07, 6.45) is 0.330. The van der Waals surface area contributed by atoms with Crippen LogP contribution < -0.4 is 5.56 Å². The number of aromatic nitrogens is 3. The van der Waals surface area contributed by atoms with Crippen molar-refractivity contribution in [2.75, 3.05) is 19.7 Å². The first-order valence-corrected chi connectivity index (χ1v) is 10.0. The van der Waals surface area contributed by atoms with Crippen molar-refractivity contribution in [2.45, 2.75) is 32.8 Å². The molecular formula is C22H25FN4O3. The second kappa shape index (κ2) is 8.02. The average Bonchev–Trinajstić information content (AvgIpc) is 3.01. The van der Waals surface area contributed by atoms with E-state index >= 15 is 0 Å². The zero-order chi connectivity index (χ0) is 21.4. The predicted molar refractivity (Wildman–Crippen MR) is 111 cm³/mol. The monoisotopic (exact) mass is 412 g/mol. The van der Waals surface area contributed by atoms with Crippen LogP contribution in [0.15, 0.2) is 29.1 Å².